The molecule has 1 heterocycles. The number of benzene rings is 1. The van der Waals surface area contributed by atoms with E-state index in [0.717, 1.165) is 6.07 Å². The van der Waals surface area contributed by atoms with Gasteiger partial charge in [0.15, 0.2) is 0 Å². The molecule has 0 aliphatic rings. The predicted molar refractivity (Wildman–Crippen MR) is 68.2 cm³/mol. The van der Waals surface area contributed by atoms with Crippen LogP contribution in [0, 0.1) is 12.7 Å². The van der Waals surface area contributed by atoms with Gasteiger partial charge in [-0.3, -0.25) is 0 Å². The standard InChI is InChI=1S/C11H13FN4O2S/c1-7-9(12)4-8(13)5-10(7)19(17,18)16-6-11-14-2-3-15-11/h2-5,16H,6,13H2,1H3,(H,14,15). The van der Waals surface area contributed by atoms with Crippen molar-refractivity contribution in [2.75, 3.05) is 5.73 Å². The van der Waals surface area contributed by atoms with Crippen LogP contribution in [0.25, 0.3) is 0 Å². The van der Waals surface area contributed by atoms with Gasteiger partial charge in [0.25, 0.3) is 0 Å². The molecular weight excluding hydrogens is 271 g/mol. The Morgan fingerprint density at radius 2 is 2.21 bits per heavy atom. The van der Waals surface area contributed by atoms with Crippen LogP contribution < -0.4 is 10.5 Å². The Labute approximate surface area is 109 Å². The van der Waals surface area contributed by atoms with Gasteiger partial charge in [-0.25, -0.2) is 22.5 Å². The lowest BCUT2D eigenvalue weighted by Gasteiger charge is -2.10. The molecule has 0 spiro atoms. The van der Waals surface area contributed by atoms with Gasteiger partial charge in [0.2, 0.25) is 10.0 Å². The highest BCUT2D eigenvalue weighted by atomic mass is 32.2. The fourth-order valence-corrected chi connectivity index (χ4v) is 2.86. The Balaban J connectivity index is 2.29. The second kappa shape index (κ2) is 4.98. The van der Waals surface area contributed by atoms with E-state index < -0.39 is 15.8 Å². The number of nitrogens with zero attached hydrogens (tertiary/aromatic N) is 1. The molecular formula is C11H13FN4O2S. The molecule has 0 saturated heterocycles. The van der Waals surface area contributed by atoms with Crippen LogP contribution in [0.3, 0.4) is 0 Å². The summed E-state index contributed by atoms with van der Waals surface area (Å²) < 4.78 is 40.0. The zero-order valence-electron chi connectivity index (χ0n) is 10.1. The van der Waals surface area contributed by atoms with Crippen molar-refractivity contribution in [1.29, 1.82) is 0 Å². The number of anilines is 1. The maximum atomic E-state index is 13.5. The summed E-state index contributed by atoms with van der Waals surface area (Å²) in [6, 6.07) is 2.31. The molecule has 0 radical (unpaired) electrons. The number of nitrogens with one attached hydrogen (secondary N) is 2. The van der Waals surface area contributed by atoms with Crippen LogP contribution in [0.4, 0.5) is 10.1 Å². The van der Waals surface area contributed by atoms with Crippen LogP contribution in [0.1, 0.15) is 11.4 Å². The van der Waals surface area contributed by atoms with Gasteiger partial charge in [-0.2, -0.15) is 0 Å². The smallest absolute Gasteiger partial charge is 0.241 e. The van der Waals surface area contributed by atoms with E-state index in [4.69, 9.17) is 5.73 Å². The molecule has 102 valence electrons. The number of halogens is 1. The molecule has 0 bridgehead atoms. The van der Waals surface area contributed by atoms with Crippen molar-refractivity contribution in [2.45, 2.75) is 18.4 Å². The van der Waals surface area contributed by atoms with E-state index in [2.05, 4.69) is 14.7 Å². The summed E-state index contributed by atoms with van der Waals surface area (Å²) in [5, 5.41) is 0. The van der Waals surface area contributed by atoms with Crippen molar-refractivity contribution in [1.82, 2.24) is 14.7 Å². The quantitative estimate of drug-likeness (QED) is 0.727. The van der Waals surface area contributed by atoms with Crippen molar-refractivity contribution in [3.63, 3.8) is 0 Å². The van der Waals surface area contributed by atoms with Gasteiger partial charge in [-0.1, -0.05) is 0 Å². The third-order valence-electron chi connectivity index (χ3n) is 2.59. The molecule has 0 aliphatic heterocycles. The molecule has 19 heavy (non-hydrogen) atoms. The SMILES string of the molecule is Cc1c(F)cc(N)cc1S(=O)(=O)NCc1ncc[nH]1. The van der Waals surface area contributed by atoms with Gasteiger partial charge in [0, 0.05) is 23.6 Å². The highest BCUT2D eigenvalue weighted by Gasteiger charge is 2.19. The molecule has 0 saturated carbocycles. The molecule has 4 N–H and O–H groups in total. The molecule has 0 amide bonds. The summed E-state index contributed by atoms with van der Waals surface area (Å²) in [5.41, 5.74) is 5.55. The Morgan fingerprint density at radius 3 is 2.84 bits per heavy atom. The van der Waals surface area contributed by atoms with Crippen molar-refractivity contribution in [3.8, 4) is 0 Å². The van der Waals surface area contributed by atoms with Gasteiger partial charge in [-0.15, -0.1) is 0 Å². The van der Waals surface area contributed by atoms with Crippen LogP contribution in [0.5, 0.6) is 0 Å². The largest absolute Gasteiger partial charge is 0.399 e. The second-order valence-corrected chi connectivity index (χ2v) is 5.72. The lowest BCUT2D eigenvalue weighted by Crippen LogP contribution is -2.25. The first-order valence-corrected chi connectivity index (χ1v) is 6.92. The Morgan fingerprint density at radius 1 is 1.47 bits per heavy atom. The van der Waals surface area contributed by atoms with Crippen LogP contribution in [-0.2, 0) is 16.6 Å². The Hall–Kier alpha value is -1.93. The molecule has 6 nitrogen and oxygen atoms in total. The average molecular weight is 284 g/mol. The Kier molecular flexibility index (Phi) is 3.54. The van der Waals surface area contributed by atoms with Crippen LogP contribution >= 0.6 is 0 Å². The molecule has 2 aromatic rings. The number of nitrogens with two attached hydrogens (primary N) is 1. The minimum atomic E-state index is -3.84. The van der Waals surface area contributed by atoms with E-state index in [1.807, 2.05) is 0 Å². The number of nitrogen functional groups attached to an aromatic ring is 1. The van der Waals surface area contributed by atoms with Gasteiger partial charge in [0.05, 0.1) is 11.4 Å². The maximum absolute atomic E-state index is 13.5. The number of rotatable bonds is 4. The number of hydrogen-bond donors (Lipinski definition) is 3. The van der Waals surface area contributed by atoms with E-state index in [0.29, 0.717) is 5.82 Å². The zero-order valence-corrected chi connectivity index (χ0v) is 11.0. The number of sulfonamides is 1. The maximum Gasteiger partial charge on any atom is 0.241 e. The minimum absolute atomic E-state index is 0.00874. The first kappa shape index (κ1) is 13.5. The normalized spacial score (nSPS) is 11.7. The van der Waals surface area contributed by atoms with Gasteiger partial charge < -0.3 is 10.7 Å². The first-order chi connectivity index (χ1) is 8.90. The first-order valence-electron chi connectivity index (χ1n) is 5.43. The van der Waals surface area contributed by atoms with E-state index in [9.17, 15) is 12.8 Å². The third kappa shape index (κ3) is 2.91. The number of aromatic amines is 1. The minimum Gasteiger partial charge on any atom is -0.399 e. The summed E-state index contributed by atoms with van der Waals surface area (Å²) >= 11 is 0. The van der Waals surface area contributed by atoms with Crippen molar-refractivity contribution >= 4 is 15.7 Å². The number of hydrogen-bond acceptors (Lipinski definition) is 4. The highest BCUT2D eigenvalue weighted by molar-refractivity contribution is 7.89. The van der Waals surface area contributed by atoms with E-state index in [1.165, 1.54) is 19.2 Å². The average Bonchev–Trinajstić information content (AvgIpc) is 2.84. The predicted octanol–water partition coefficient (Wildman–Crippen LogP) is 0.918. The third-order valence-corrected chi connectivity index (χ3v) is 4.12. The van der Waals surface area contributed by atoms with E-state index in [-0.39, 0.29) is 22.7 Å². The lowest BCUT2D eigenvalue weighted by atomic mass is 10.2. The summed E-state index contributed by atoms with van der Waals surface area (Å²) in [6.07, 6.45) is 3.09. The summed E-state index contributed by atoms with van der Waals surface area (Å²) in [7, 11) is -3.84. The molecule has 0 aliphatic carbocycles. The number of H-pyrrole nitrogens is 1. The summed E-state index contributed by atoms with van der Waals surface area (Å²) in [4.78, 5) is 6.48. The fraction of sp³-hybridized carbons (Fsp3) is 0.182. The Bertz CT molecular complexity index is 683. The molecule has 1 aromatic carbocycles. The van der Waals surface area contributed by atoms with Crippen molar-refractivity contribution in [2.24, 2.45) is 0 Å². The van der Waals surface area contributed by atoms with E-state index in [1.54, 1.807) is 6.20 Å². The van der Waals surface area contributed by atoms with Gasteiger partial charge >= 0.3 is 0 Å². The van der Waals surface area contributed by atoms with Gasteiger partial charge in [0.1, 0.15) is 11.6 Å². The van der Waals surface area contributed by atoms with Crippen LogP contribution in [0.15, 0.2) is 29.4 Å². The zero-order chi connectivity index (χ0) is 14.0. The molecule has 0 unspecified atom stereocenters. The molecule has 8 heteroatoms. The van der Waals surface area contributed by atoms with Crippen LogP contribution in [-0.4, -0.2) is 18.4 Å². The van der Waals surface area contributed by atoms with Crippen LogP contribution in [0.2, 0.25) is 0 Å². The molecule has 2 rings (SSSR count). The topological polar surface area (TPSA) is 101 Å². The fourth-order valence-electron chi connectivity index (χ4n) is 1.59. The number of imidazole rings is 1. The molecule has 0 atom stereocenters. The summed E-state index contributed by atoms with van der Waals surface area (Å²) in [5.74, 6) is -0.191. The monoisotopic (exact) mass is 284 g/mol. The van der Waals surface area contributed by atoms with Crippen molar-refractivity contribution in [3.05, 3.63) is 41.7 Å². The van der Waals surface area contributed by atoms with Gasteiger partial charge in [-0.05, 0) is 19.1 Å². The molecule has 0 fully saturated rings. The summed E-state index contributed by atoms with van der Waals surface area (Å²) in [6.45, 7) is 1.38. The number of aromatic nitrogens is 2. The highest BCUT2D eigenvalue weighted by Crippen LogP contribution is 2.21. The molecule has 1 aromatic heterocycles. The lowest BCUT2D eigenvalue weighted by molar-refractivity contribution is 0.573. The second-order valence-electron chi connectivity index (χ2n) is 3.99. The van der Waals surface area contributed by atoms with E-state index >= 15 is 0 Å². The van der Waals surface area contributed by atoms with Crippen molar-refractivity contribution < 1.29 is 12.8 Å².